The molecule has 0 amide bonds. The van der Waals surface area contributed by atoms with E-state index in [1.54, 1.807) is 20.8 Å². The highest BCUT2D eigenvalue weighted by Crippen LogP contribution is 2.40. The predicted molar refractivity (Wildman–Crippen MR) is 54.9 cm³/mol. The molecule has 0 aliphatic carbocycles. The van der Waals surface area contributed by atoms with E-state index in [0.29, 0.717) is 0 Å². The van der Waals surface area contributed by atoms with Crippen LogP contribution in [0.5, 0.6) is 0 Å². The zero-order valence-corrected chi connectivity index (χ0v) is 10.6. The predicted octanol–water partition coefficient (Wildman–Crippen LogP) is 4.07. The first-order valence-electron chi connectivity index (χ1n) is 4.07. The third-order valence-electron chi connectivity index (χ3n) is 1.71. The molecule has 0 spiro atoms. The van der Waals surface area contributed by atoms with E-state index in [1.165, 1.54) is 4.68 Å². The van der Waals surface area contributed by atoms with E-state index in [1.807, 2.05) is 0 Å². The van der Waals surface area contributed by atoms with Crippen LogP contribution < -0.4 is 0 Å². The molecule has 0 bridgehead atoms. The van der Waals surface area contributed by atoms with Gasteiger partial charge in [-0.3, -0.25) is 4.68 Å². The van der Waals surface area contributed by atoms with Gasteiger partial charge >= 0.3 is 6.18 Å². The fraction of sp³-hybridized carbons (Fsp3) is 0.625. The van der Waals surface area contributed by atoms with E-state index >= 15 is 0 Å². The molecule has 7 heteroatoms. The second-order valence-electron chi connectivity index (χ2n) is 4.04. The Labute approximate surface area is 98.5 Å². The Morgan fingerprint density at radius 2 is 1.73 bits per heavy atom. The van der Waals surface area contributed by atoms with E-state index in [0.717, 1.165) is 0 Å². The largest absolute Gasteiger partial charge is 0.422 e. The molecule has 15 heavy (non-hydrogen) atoms. The Balaban J connectivity index is 3.41. The minimum absolute atomic E-state index is 0.146. The minimum atomic E-state index is -4.50. The van der Waals surface area contributed by atoms with Gasteiger partial charge in [0.15, 0.2) is 5.15 Å². The average Bonchev–Trinajstić information content (AvgIpc) is 2.22. The number of aromatic nitrogens is 2. The zero-order chi connectivity index (χ0) is 12.0. The minimum Gasteiger partial charge on any atom is -0.251 e. The lowest BCUT2D eigenvalue weighted by Gasteiger charge is -2.20. The SMILES string of the molecule is CC(C)(C)n1nc(Cl)c(C(F)(F)F)c1Br. The topological polar surface area (TPSA) is 17.8 Å². The van der Waals surface area contributed by atoms with Gasteiger partial charge in [-0.05, 0) is 36.7 Å². The van der Waals surface area contributed by atoms with Gasteiger partial charge in [0, 0.05) is 0 Å². The summed E-state index contributed by atoms with van der Waals surface area (Å²) in [4.78, 5) is 0. The Morgan fingerprint density at radius 3 is 1.93 bits per heavy atom. The van der Waals surface area contributed by atoms with Gasteiger partial charge in [0.2, 0.25) is 0 Å². The van der Waals surface area contributed by atoms with Crippen LogP contribution >= 0.6 is 27.5 Å². The molecule has 86 valence electrons. The molecule has 0 unspecified atom stereocenters. The molecule has 2 nitrogen and oxygen atoms in total. The number of halogens is 5. The molecule has 1 rings (SSSR count). The van der Waals surface area contributed by atoms with Crippen molar-refractivity contribution in [1.29, 1.82) is 0 Å². The molecule has 0 aromatic carbocycles. The quantitative estimate of drug-likeness (QED) is 0.706. The van der Waals surface area contributed by atoms with Crippen LogP contribution in [0.2, 0.25) is 5.15 Å². The molecule has 1 aromatic rings. The van der Waals surface area contributed by atoms with E-state index in [4.69, 9.17) is 11.6 Å². The summed E-state index contributed by atoms with van der Waals surface area (Å²) in [6.07, 6.45) is -4.50. The maximum atomic E-state index is 12.5. The summed E-state index contributed by atoms with van der Waals surface area (Å²) in [6.45, 7) is 5.21. The summed E-state index contributed by atoms with van der Waals surface area (Å²) in [5.41, 5.74) is -1.49. The van der Waals surface area contributed by atoms with Gasteiger partial charge in [0.05, 0.1) is 5.54 Å². The number of alkyl halides is 3. The third-order valence-corrected chi connectivity index (χ3v) is 2.70. The molecule has 0 fully saturated rings. The Morgan fingerprint density at radius 1 is 1.27 bits per heavy atom. The van der Waals surface area contributed by atoms with Crippen molar-refractivity contribution in [3.8, 4) is 0 Å². The third kappa shape index (κ3) is 2.47. The lowest BCUT2D eigenvalue weighted by molar-refractivity contribution is -0.138. The molecule has 0 saturated carbocycles. The molecule has 1 aromatic heterocycles. The Bertz CT molecular complexity index is 378. The van der Waals surface area contributed by atoms with Crippen molar-refractivity contribution < 1.29 is 13.2 Å². The fourth-order valence-corrected chi connectivity index (χ4v) is 2.46. The fourth-order valence-electron chi connectivity index (χ4n) is 1.05. The first kappa shape index (κ1) is 12.8. The van der Waals surface area contributed by atoms with E-state index in [2.05, 4.69) is 21.0 Å². The van der Waals surface area contributed by atoms with Crippen molar-refractivity contribution in [2.45, 2.75) is 32.5 Å². The Hall–Kier alpha value is -0.230. The summed E-state index contributed by atoms with van der Waals surface area (Å²) in [5.74, 6) is 0. The van der Waals surface area contributed by atoms with Crippen LogP contribution in [0.25, 0.3) is 0 Å². The molecule has 0 aliphatic rings. The first-order valence-corrected chi connectivity index (χ1v) is 5.24. The van der Waals surface area contributed by atoms with Gasteiger partial charge in [-0.1, -0.05) is 11.6 Å². The summed E-state index contributed by atoms with van der Waals surface area (Å²) >= 11 is 8.33. The molecule has 0 radical (unpaired) electrons. The molecule has 1 heterocycles. The van der Waals surface area contributed by atoms with Crippen LogP contribution in [-0.4, -0.2) is 9.78 Å². The van der Waals surface area contributed by atoms with Gasteiger partial charge in [-0.25, -0.2) is 0 Å². The monoisotopic (exact) mass is 304 g/mol. The van der Waals surface area contributed by atoms with Crippen LogP contribution in [0.3, 0.4) is 0 Å². The molecule has 0 N–H and O–H groups in total. The van der Waals surface area contributed by atoms with Crippen LogP contribution in [-0.2, 0) is 11.7 Å². The van der Waals surface area contributed by atoms with Crippen LogP contribution in [0.15, 0.2) is 4.60 Å². The molecular weight excluding hydrogens is 296 g/mol. The van der Waals surface area contributed by atoms with E-state index < -0.39 is 22.4 Å². The lowest BCUT2D eigenvalue weighted by Crippen LogP contribution is -2.23. The summed E-state index contributed by atoms with van der Waals surface area (Å²) < 4.78 is 38.7. The van der Waals surface area contributed by atoms with Crippen molar-refractivity contribution in [1.82, 2.24) is 9.78 Å². The first-order chi connectivity index (χ1) is 6.55. The highest BCUT2D eigenvalue weighted by molar-refractivity contribution is 9.10. The second kappa shape index (κ2) is 3.66. The highest BCUT2D eigenvalue weighted by Gasteiger charge is 2.40. The van der Waals surface area contributed by atoms with Gasteiger partial charge in [-0.2, -0.15) is 18.3 Å². The van der Waals surface area contributed by atoms with Crippen LogP contribution in [0, 0.1) is 0 Å². The van der Waals surface area contributed by atoms with E-state index in [9.17, 15) is 13.2 Å². The average molecular weight is 306 g/mol. The highest BCUT2D eigenvalue weighted by atomic mass is 79.9. The van der Waals surface area contributed by atoms with E-state index in [-0.39, 0.29) is 4.60 Å². The van der Waals surface area contributed by atoms with Crippen LogP contribution in [0.1, 0.15) is 26.3 Å². The number of hydrogen-bond acceptors (Lipinski definition) is 1. The van der Waals surface area contributed by atoms with Crippen molar-refractivity contribution in [3.63, 3.8) is 0 Å². The maximum absolute atomic E-state index is 12.5. The van der Waals surface area contributed by atoms with Gasteiger partial charge < -0.3 is 0 Å². The van der Waals surface area contributed by atoms with Crippen molar-refractivity contribution >= 4 is 27.5 Å². The molecule has 0 aliphatic heterocycles. The normalized spacial score (nSPS) is 13.3. The summed E-state index contributed by atoms with van der Waals surface area (Å²) in [5, 5.41) is 3.13. The van der Waals surface area contributed by atoms with Gasteiger partial charge in [0.1, 0.15) is 10.2 Å². The zero-order valence-electron chi connectivity index (χ0n) is 8.28. The number of nitrogens with zero attached hydrogens (tertiary/aromatic N) is 2. The van der Waals surface area contributed by atoms with Crippen molar-refractivity contribution in [2.75, 3.05) is 0 Å². The Kier molecular flexibility index (Phi) is 3.13. The number of rotatable bonds is 0. The van der Waals surface area contributed by atoms with Crippen LogP contribution in [0.4, 0.5) is 13.2 Å². The smallest absolute Gasteiger partial charge is 0.251 e. The van der Waals surface area contributed by atoms with Gasteiger partial charge in [-0.15, -0.1) is 0 Å². The lowest BCUT2D eigenvalue weighted by atomic mass is 10.1. The maximum Gasteiger partial charge on any atom is 0.422 e. The summed E-state index contributed by atoms with van der Waals surface area (Å²) in [6, 6.07) is 0. The van der Waals surface area contributed by atoms with Gasteiger partial charge in [0.25, 0.3) is 0 Å². The molecule has 0 atom stereocenters. The summed E-state index contributed by atoms with van der Waals surface area (Å²) in [7, 11) is 0. The van der Waals surface area contributed by atoms with Crippen molar-refractivity contribution in [3.05, 3.63) is 15.3 Å². The molecular formula is C8H9BrClF3N2. The molecule has 0 saturated heterocycles. The van der Waals surface area contributed by atoms with Crippen molar-refractivity contribution in [2.24, 2.45) is 0 Å². The number of hydrogen-bond donors (Lipinski definition) is 0. The second-order valence-corrected chi connectivity index (χ2v) is 5.15. The standard InChI is InChI=1S/C8H9BrClF3N2/c1-7(2,3)15-5(9)4(6(10)14-15)8(11,12)13/h1-3H3.